The molecule has 8 nitrogen and oxygen atoms in total. The molecular weight excluding hydrogens is 302 g/mol. The van der Waals surface area contributed by atoms with Gasteiger partial charge in [-0.15, -0.1) is 11.3 Å². The lowest BCUT2D eigenvalue weighted by Gasteiger charge is -2.19. The lowest BCUT2D eigenvalue weighted by Crippen LogP contribution is -2.17. The molecule has 0 aliphatic heterocycles. The maximum atomic E-state index is 4.68. The third-order valence-electron chi connectivity index (χ3n) is 3.22. The summed E-state index contributed by atoms with van der Waals surface area (Å²) in [5, 5.41) is 11.9. The van der Waals surface area contributed by atoms with Gasteiger partial charge in [0.15, 0.2) is 11.6 Å². The zero-order valence-electron chi connectivity index (χ0n) is 13.1. The first kappa shape index (κ1) is 14.6. The van der Waals surface area contributed by atoms with Crippen molar-refractivity contribution in [2.45, 2.75) is 26.8 Å². The molecule has 0 aliphatic carbocycles. The molecule has 1 unspecified atom stereocenters. The highest BCUT2D eigenvalue weighted by Gasteiger charge is 2.19. The summed E-state index contributed by atoms with van der Waals surface area (Å²) in [6, 6.07) is 0.00950. The maximum Gasteiger partial charge on any atom is 0.245 e. The van der Waals surface area contributed by atoms with Crippen molar-refractivity contribution in [1.82, 2.24) is 25.3 Å². The summed E-state index contributed by atoms with van der Waals surface area (Å²) in [6.45, 7) is 6.13. The lowest BCUT2D eigenvalue weighted by atomic mass is 10.2. The molecule has 0 spiro atoms. The van der Waals surface area contributed by atoms with E-state index in [1.54, 1.807) is 11.3 Å². The van der Waals surface area contributed by atoms with Crippen molar-refractivity contribution in [3.8, 4) is 0 Å². The minimum atomic E-state index is 0.00950. The fraction of sp³-hybridized carbons (Fsp3) is 0.462. The molecule has 9 heteroatoms. The molecule has 0 fully saturated rings. The number of nitrogens with one attached hydrogen (secondary N) is 1. The van der Waals surface area contributed by atoms with Crippen molar-refractivity contribution in [3.63, 3.8) is 0 Å². The summed E-state index contributed by atoms with van der Waals surface area (Å²) in [5.74, 6) is 1.31. The van der Waals surface area contributed by atoms with Crippen LogP contribution in [0.2, 0.25) is 0 Å². The van der Waals surface area contributed by atoms with Crippen LogP contribution in [0.4, 0.5) is 11.6 Å². The zero-order valence-corrected chi connectivity index (χ0v) is 13.9. The molecule has 0 saturated heterocycles. The summed E-state index contributed by atoms with van der Waals surface area (Å²) < 4.78 is 4.68. The van der Waals surface area contributed by atoms with Crippen molar-refractivity contribution >= 4 is 34.3 Å². The van der Waals surface area contributed by atoms with Gasteiger partial charge in [-0.05, 0) is 31.1 Å². The fourth-order valence-electron chi connectivity index (χ4n) is 2.26. The van der Waals surface area contributed by atoms with Crippen molar-refractivity contribution < 1.29 is 4.63 Å². The van der Waals surface area contributed by atoms with Crippen LogP contribution >= 0.6 is 11.3 Å². The normalized spacial score (nSPS) is 12.6. The first-order chi connectivity index (χ1) is 10.5. The SMILES string of the molecule is Cc1nc(C(C)Nc2nc3nonc3nc2N(C)C)c(C)s1. The van der Waals surface area contributed by atoms with Crippen LogP contribution in [0.25, 0.3) is 11.3 Å². The van der Waals surface area contributed by atoms with Gasteiger partial charge in [-0.1, -0.05) is 0 Å². The highest BCUT2D eigenvalue weighted by molar-refractivity contribution is 7.11. The summed E-state index contributed by atoms with van der Waals surface area (Å²) >= 11 is 1.69. The highest BCUT2D eigenvalue weighted by Crippen LogP contribution is 2.28. The van der Waals surface area contributed by atoms with Crippen LogP contribution in [-0.4, -0.2) is 39.4 Å². The number of aryl methyl sites for hydroxylation is 2. The smallest absolute Gasteiger partial charge is 0.245 e. The Morgan fingerprint density at radius 3 is 2.36 bits per heavy atom. The Morgan fingerprint density at radius 1 is 1.09 bits per heavy atom. The number of anilines is 2. The molecule has 116 valence electrons. The summed E-state index contributed by atoms with van der Waals surface area (Å²) in [6.07, 6.45) is 0. The Morgan fingerprint density at radius 2 is 1.77 bits per heavy atom. The molecule has 3 rings (SSSR count). The molecule has 1 atom stereocenters. The van der Waals surface area contributed by atoms with Gasteiger partial charge in [-0.25, -0.2) is 19.6 Å². The second-order valence-electron chi connectivity index (χ2n) is 5.24. The molecule has 0 aliphatic rings. The van der Waals surface area contributed by atoms with E-state index in [4.69, 9.17) is 0 Å². The van der Waals surface area contributed by atoms with Crippen molar-refractivity contribution in [1.29, 1.82) is 0 Å². The molecule has 0 amide bonds. The van der Waals surface area contributed by atoms with Crippen molar-refractivity contribution in [2.24, 2.45) is 0 Å². The van der Waals surface area contributed by atoms with Crippen LogP contribution in [0, 0.1) is 13.8 Å². The topological polar surface area (TPSA) is 92.9 Å². The summed E-state index contributed by atoms with van der Waals surface area (Å²) in [4.78, 5) is 16.5. The second kappa shape index (κ2) is 5.48. The Bertz CT molecular complexity index is 810. The first-order valence-corrected chi connectivity index (χ1v) is 7.65. The molecule has 0 saturated carbocycles. The molecule has 0 radical (unpaired) electrons. The van der Waals surface area contributed by atoms with Gasteiger partial charge in [0, 0.05) is 19.0 Å². The van der Waals surface area contributed by atoms with Crippen LogP contribution in [0.15, 0.2) is 4.63 Å². The number of nitrogens with zero attached hydrogens (tertiary/aromatic N) is 6. The number of hydrogen-bond donors (Lipinski definition) is 1. The minimum absolute atomic E-state index is 0.00950. The van der Waals surface area contributed by atoms with Crippen molar-refractivity contribution in [2.75, 3.05) is 24.3 Å². The number of thiazole rings is 1. The number of hydrogen-bond acceptors (Lipinski definition) is 9. The van der Waals surface area contributed by atoms with Crippen LogP contribution in [0.5, 0.6) is 0 Å². The van der Waals surface area contributed by atoms with E-state index in [0.717, 1.165) is 10.7 Å². The van der Waals surface area contributed by atoms with Crippen LogP contribution in [0.1, 0.15) is 28.5 Å². The first-order valence-electron chi connectivity index (χ1n) is 6.83. The van der Waals surface area contributed by atoms with E-state index in [1.807, 2.05) is 32.8 Å². The van der Waals surface area contributed by atoms with Gasteiger partial charge in [-0.2, -0.15) is 0 Å². The Balaban J connectivity index is 1.98. The van der Waals surface area contributed by atoms with E-state index in [0.29, 0.717) is 22.9 Å². The van der Waals surface area contributed by atoms with Gasteiger partial charge in [-0.3, -0.25) is 0 Å². The molecule has 22 heavy (non-hydrogen) atoms. The predicted molar refractivity (Wildman–Crippen MR) is 85.3 cm³/mol. The average Bonchev–Trinajstić information content (AvgIpc) is 3.03. The number of rotatable bonds is 4. The van der Waals surface area contributed by atoms with E-state index in [1.165, 1.54) is 4.88 Å². The summed E-state index contributed by atoms with van der Waals surface area (Å²) in [5.41, 5.74) is 1.79. The maximum absolute atomic E-state index is 4.68. The van der Waals surface area contributed by atoms with Gasteiger partial charge >= 0.3 is 0 Å². The van der Waals surface area contributed by atoms with Crippen LogP contribution in [0.3, 0.4) is 0 Å². The van der Waals surface area contributed by atoms with Crippen LogP contribution < -0.4 is 10.2 Å². The van der Waals surface area contributed by atoms with Gasteiger partial charge in [0.1, 0.15) is 0 Å². The third kappa shape index (κ3) is 2.59. The summed E-state index contributed by atoms with van der Waals surface area (Å²) in [7, 11) is 3.80. The molecule has 3 aromatic rings. The van der Waals surface area contributed by atoms with E-state index in [-0.39, 0.29) is 6.04 Å². The van der Waals surface area contributed by atoms with E-state index in [9.17, 15) is 0 Å². The minimum Gasteiger partial charge on any atom is -0.360 e. The van der Waals surface area contributed by atoms with E-state index >= 15 is 0 Å². The zero-order chi connectivity index (χ0) is 15.9. The quantitative estimate of drug-likeness (QED) is 0.783. The molecule has 3 heterocycles. The Hall–Kier alpha value is -2.29. The lowest BCUT2D eigenvalue weighted by molar-refractivity contribution is 0.314. The van der Waals surface area contributed by atoms with Gasteiger partial charge in [0.2, 0.25) is 11.3 Å². The monoisotopic (exact) mass is 319 g/mol. The van der Waals surface area contributed by atoms with E-state index < -0.39 is 0 Å². The molecule has 3 aromatic heterocycles. The van der Waals surface area contributed by atoms with Crippen LogP contribution in [-0.2, 0) is 0 Å². The van der Waals surface area contributed by atoms with Gasteiger partial charge in [0.05, 0.1) is 16.7 Å². The molecule has 1 N–H and O–H groups in total. The molecule has 0 aromatic carbocycles. The Labute approximate surface area is 131 Å². The highest BCUT2D eigenvalue weighted by atomic mass is 32.1. The number of aromatic nitrogens is 5. The van der Waals surface area contributed by atoms with E-state index in [2.05, 4.69) is 42.1 Å². The molecule has 0 bridgehead atoms. The Kier molecular flexibility index (Phi) is 3.65. The average molecular weight is 319 g/mol. The standard InChI is InChI=1S/C13H17N7OS/c1-6(9-7(2)22-8(3)15-9)14-12-13(20(4)5)17-11-10(16-12)18-21-19-11/h6H,1-5H3,(H,14,16,18). The van der Waals surface area contributed by atoms with Crippen molar-refractivity contribution in [3.05, 3.63) is 15.6 Å². The predicted octanol–water partition coefficient (Wildman–Crippen LogP) is 2.33. The largest absolute Gasteiger partial charge is 0.360 e. The van der Waals surface area contributed by atoms with Gasteiger partial charge < -0.3 is 10.2 Å². The van der Waals surface area contributed by atoms with Gasteiger partial charge in [0.25, 0.3) is 0 Å². The number of fused-ring (bicyclic) bond motifs is 1. The fourth-order valence-corrected chi connectivity index (χ4v) is 3.17. The third-order valence-corrected chi connectivity index (χ3v) is 4.12. The molecular formula is C13H17N7OS. The second-order valence-corrected chi connectivity index (χ2v) is 6.65.